The van der Waals surface area contributed by atoms with E-state index in [-0.39, 0.29) is 10.8 Å². The number of thioether (sulfide) groups is 1. The van der Waals surface area contributed by atoms with Gasteiger partial charge in [-0.15, -0.1) is 11.3 Å². The molecule has 0 aliphatic heterocycles. The van der Waals surface area contributed by atoms with Gasteiger partial charge in [0.05, 0.1) is 16.7 Å². The fraction of sp³-hybridized carbons (Fsp3) is 0.611. The predicted molar refractivity (Wildman–Crippen MR) is 101 cm³/mol. The molecule has 0 bridgehead atoms. The van der Waals surface area contributed by atoms with Crippen LogP contribution in [0.5, 0.6) is 0 Å². The number of hydrogen-bond donors (Lipinski definition) is 0. The highest BCUT2D eigenvalue weighted by Crippen LogP contribution is 2.36. The van der Waals surface area contributed by atoms with Crippen LogP contribution in [0, 0.1) is 11.3 Å². The number of unbranched alkanes of at least 4 members (excludes halogenated alkanes) is 3. The van der Waals surface area contributed by atoms with Gasteiger partial charge < -0.3 is 0 Å². The van der Waals surface area contributed by atoms with Crippen molar-refractivity contribution in [1.82, 2.24) is 9.55 Å². The van der Waals surface area contributed by atoms with Crippen LogP contribution in [0.25, 0.3) is 10.2 Å². The number of thiophene rings is 1. The molecule has 0 saturated carbocycles. The summed E-state index contributed by atoms with van der Waals surface area (Å²) in [5, 5.41) is 10.5. The third-order valence-electron chi connectivity index (χ3n) is 4.49. The van der Waals surface area contributed by atoms with E-state index in [1.165, 1.54) is 35.0 Å². The van der Waals surface area contributed by atoms with Gasteiger partial charge in [0.2, 0.25) is 0 Å². The molecule has 2 heterocycles. The van der Waals surface area contributed by atoms with Gasteiger partial charge in [0, 0.05) is 11.4 Å². The summed E-state index contributed by atoms with van der Waals surface area (Å²) in [6.07, 6.45) is 7.70. The van der Waals surface area contributed by atoms with Gasteiger partial charge in [0.15, 0.2) is 5.16 Å². The number of rotatable bonds is 7. The maximum atomic E-state index is 13.1. The molecule has 24 heavy (non-hydrogen) atoms. The summed E-state index contributed by atoms with van der Waals surface area (Å²) in [5.41, 5.74) is 1.34. The number of aryl methyl sites for hydroxylation is 2. The zero-order valence-electron chi connectivity index (χ0n) is 14.3. The molecule has 128 valence electrons. The second kappa shape index (κ2) is 7.71. The lowest BCUT2D eigenvalue weighted by molar-refractivity contribution is 0.531. The smallest absolute Gasteiger partial charge is 0.263 e. The lowest BCUT2D eigenvalue weighted by atomic mass is 10.2. The summed E-state index contributed by atoms with van der Waals surface area (Å²) in [4.78, 5) is 20.1. The summed E-state index contributed by atoms with van der Waals surface area (Å²) in [6.45, 7) is 4.74. The first kappa shape index (κ1) is 17.5. The van der Waals surface area contributed by atoms with E-state index in [0.29, 0.717) is 11.7 Å². The Labute approximate surface area is 150 Å². The maximum Gasteiger partial charge on any atom is 0.263 e. The molecule has 3 rings (SSSR count). The Morgan fingerprint density at radius 2 is 2.21 bits per heavy atom. The van der Waals surface area contributed by atoms with Crippen LogP contribution in [-0.4, -0.2) is 14.8 Å². The van der Waals surface area contributed by atoms with Crippen LogP contribution in [0.1, 0.15) is 56.4 Å². The van der Waals surface area contributed by atoms with Gasteiger partial charge in [-0.25, -0.2) is 4.98 Å². The normalized spacial score (nSPS) is 14.7. The molecule has 0 aromatic carbocycles. The number of aromatic nitrogens is 2. The van der Waals surface area contributed by atoms with Gasteiger partial charge in [-0.05, 0) is 38.2 Å². The highest BCUT2D eigenvalue weighted by Gasteiger charge is 2.23. The molecular formula is C18H23N3OS2. The lowest BCUT2D eigenvalue weighted by Gasteiger charge is -2.13. The first-order valence-corrected chi connectivity index (χ1v) is 10.5. The summed E-state index contributed by atoms with van der Waals surface area (Å²) in [5.74, 6) is 0. The molecule has 1 atom stereocenters. The molecule has 1 aliphatic carbocycles. The topological polar surface area (TPSA) is 58.7 Å². The van der Waals surface area contributed by atoms with E-state index in [2.05, 4.69) is 13.0 Å². The van der Waals surface area contributed by atoms with Crippen LogP contribution in [0.15, 0.2) is 9.95 Å². The van der Waals surface area contributed by atoms with Crippen molar-refractivity contribution >= 4 is 33.3 Å². The van der Waals surface area contributed by atoms with Gasteiger partial charge in [-0.1, -0.05) is 37.9 Å². The van der Waals surface area contributed by atoms with Gasteiger partial charge in [-0.2, -0.15) is 5.26 Å². The SMILES string of the molecule is CCCCCCn1c(S[C@H](C)C#N)nc2sc3c(c2c1=O)CCC3. The Morgan fingerprint density at radius 3 is 2.96 bits per heavy atom. The zero-order valence-corrected chi connectivity index (χ0v) is 15.9. The highest BCUT2D eigenvalue weighted by molar-refractivity contribution is 8.00. The Balaban J connectivity index is 2.02. The van der Waals surface area contributed by atoms with E-state index in [0.717, 1.165) is 42.3 Å². The van der Waals surface area contributed by atoms with E-state index in [1.54, 1.807) is 11.3 Å². The quantitative estimate of drug-likeness (QED) is 0.413. The van der Waals surface area contributed by atoms with E-state index >= 15 is 0 Å². The molecule has 0 spiro atoms. The predicted octanol–water partition coefficient (Wildman–Crippen LogP) is 4.53. The van der Waals surface area contributed by atoms with Crippen LogP contribution in [0.3, 0.4) is 0 Å². The highest BCUT2D eigenvalue weighted by atomic mass is 32.2. The minimum absolute atomic E-state index is 0.100. The molecule has 2 aromatic rings. The third-order valence-corrected chi connectivity index (χ3v) is 6.66. The molecule has 2 aromatic heterocycles. The largest absolute Gasteiger partial charge is 0.287 e. The average molecular weight is 362 g/mol. The van der Waals surface area contributed by atoms with Crippen molar-refractivity contribution in [1.29, 1.82) is 5.26 Å². The van der Waals surface area contributed by atoms with Crippen molar-refractivity contribution < 1.29 is 0 Å². The van der Waals surface area contributed by atoms with E-state index in [9.17, 15) is 4.79 Å². The van der Waals surface area contributed by atoms with Crippen molar-refractivity contribution in [3.05, 3.63) is 20.8 Å². The zero-order chi connectivity index (χ0) is 17.1. The van der Waals surface area contributed by atoms with Crippen LogP contribution in [-0.2, 0) is 19.4 Å². The summed E-state index contributed by atoms with van der Waals surface area (Å²) in [7, 11) is 0. The van der Waals surface area contributed by atoms with Gasteiger partial charge >= 0.3 is 0 Å². The van der Waals surface area contributed by atoms with Crippen LogP contribution >= 0.6 is 23.1 Å². The first-order valence-electron chi connectivity index (χ1n) is 8.77. The Kier molecular flexibility index (Phi) is 5.62. The molecule has 4 nitrogen and oxygen atoms in total. The summed E-state index contributed by atoms with van der Waals surface area (Å²) in [6, 6.07) is 2.23. The molecule has 0 radical (unpaired) electrons. The van der Waals surface area contributed by atoms with Crippen LogP contribution in [0.4, 0.5) is 0 Å². The van der Waals surface area contributed by atoms with Gasteiger partial charge in [0.25, 0.3) is 5.56 Å². The number of nitrogens with zero attached hydrogens (tertiary/aromatic N) is 3. The Morgan fingerprint density at radius 1 is 1.38 bits per heavy atom. The average Bonchev–Trinajstić information content (AvgIpc) is 3.14. The molecule has 6 heteroatoms. The molecule has 1 aliphatic rings. The van der Waals surface area contributed by atoms with Crippen molar-refractivity contribution in [3.8, 4) is 6.07 Å². The standard InChI is InChI=1S/C18H23N3OS2/c1-3-4-5-6-10-21-17(22)15-13-8-7-9-14(13)24-16(15)20-18(21)23-12(2)11-19/h12H,3-10H2,1-2H3/t12-/m1/s1. The van der Waals surface area contributed by atoms with Crippen LogP contribution < -0.4 is 5.56 Å². The number of fused-ring (bicyclic) bond motifs is 3. The molecule has 0 amide bonds. The lowest BCUT2D eigenvalue weighted by Crippen LogP contribution is -2.24. The summed E-state index contributed by atoms with van der Waals surface area (Å²) < 4.78 is 1.82. The molecule has 0 fully saturated rings. The van der Waals surface area contributed by atoms with Gasteiger partial charge in [-0.3, -0.25) is 9.36 Å². The number of hydrogen-bond acceptors (Lipinski definition) is 5. The van der Waals surface area contributed by atoms with E-state index in [1.807, 2.05) is 11.5 Å². The fourth-order valence-electron chi connectivity index (χ4n) is 3.23. The van der Waals surface area contributed by atoms with Crippen LogP contribution in [0.2, 0.25) is 0 Å². The Bertz CT molecular complexity index is 831. The maximum absolute atomic E-state index is 13.1. The summed E-state index contributed by atoms with van der Waals surface area (Å²) >= 11 is 3.07. The van der Waals surface area contributed by atoms with Crippen molar-refractivity contribution in [3.63, 3.8) is 0 Å². The minimum atomic E-state index is -0.206. The van der Waals surface area contributed by atoms with E-state index < -0.39 is 0 Å². The van der Waals surface area contributed by atoms with Gasteiger partial charge in [0.1, 0.15) is 4.83 Å². The third kappa shape index (κ3) is 3.38. The number of nitriles is 1. The van der Waals surface area contributed by atoms with Crippen molar-refractivity contribution in [2.45, 2.75) is 75.7 Å². The molecule has 0 N–H and O–H groups in total. The molecule has 0 saturated heterocycles. The molecular weight excluding hydrogens is 338 g/mol. The Hall–Kier alpha value is -1.32. The van der Waals surface area contributed by atoms with Crippen molar-refractivity contribution in [2.24, 2.45) is 0 Å². The van der Waals surface area contributed by atoms with E-state index in [4.69, 9.17) is 10.2 Å². The second-order valence-corrected chi connectivity index (χ2v) is 8.73. The minimum Gasteiger partial charge on any atom is -0.287 e. The monoisotopic (exact) mass is 361 g/mol. The van der Waals surface area contributed by atoms with Crippen molar-refractivity contribution in [2.75, 3.05) is 0 Å². The fourth-order valence-corrected chi connectivity index (χ4v) is 5.35. The molecule has 0 unspecified atom stereocenters. The second-order valence-electron chi connectivity index (χ2n) is 6.34. The first-order chi connectivity index (χ1) is 11.7.